The van der Waals surface area contributed by atoms with E-state index in [9.17, 15) is 22.8 Å². The van der Waals surface area contributed by atoms with Crippen molar-refractivity contribution >= 4 is 34.8 Å². The number of carbonyl (C=O) groups excluding carboxylic acids is 2. The molecule has 1 aromatic heterocycles. The lowest BCUT2D eigenvalue weighted by Gasteiger charge is -2.31. The van der Waals surface area contributed by atoms with E-state index < -0.39 is 17.6 Å². The summed E-state index contributed by atoms with van der Waals surface area (Å²) in [6, 6.07) is 11.9. The Morgan fingerprint density at radius 1 is 1.11 bits per heavy atom. The number of ether oxygens (including phenoxy) is 1. The lowest BCUT2D eigenvalue weighted by Crippen LogP contribution is -2.38. The summed E-state index contributed by atoms with van der Waals surface area (Å²) in [6.45, 7) is 1.15. The highest BCUT2D eigenvalue weighted by Gasteiger charge is 2.36. The van der Waals surface area contributed by atoms with Crippen LogP contribution >= 0.6 is 22.9 Å². The predicted molar refractivity (Wildman–Crippen MR) is 131 cm³/mol. The quantitative estimate of drug-likeness (QED) is 0.396. The lowest BCUT2D eigenvalue weighted by atomic mass is 9.96. The van der Waals surface area contributed by atoms with Gasteiger partial charge in [0.05, 0.1) is 27.7 Å². The number of alkyl halides is 3. The second kappa shape index (κ2) is 11.3. The van der Waals surface area contributed by atoms with Crippen molar-refractivity contribution < 1.29 is 27.5 Å². The molecule has 0 saturated carbocycles. The van der Waals surface area contributed by atoms with E-state index in [1.54, 1.807) is 29.6 Å². The molecule has 0 aliphatic carbocycles. The molecule has 0 bridgehead atoms. The van der Waals surface area contributed by atoms with Gasteiger partial charge in [0.2, 0.25) is 0 Å². The Bertz CT molecular complexity index is 1230. The number of piperidine rings is 1. The number of thiazole rings is 1. The standard InChI is InChI=1S/C25H23ClF3N3O3S/c26-19-7-3-4-8-21(19)35-14-11-30-22(33)20-15-36-23(31-20)16-9-12-32(13-10-16)24(34)17-5-1-2-6-18(17)25(27,28)29/h1-8,15-16H,9-14H2,(H,30,33). The van der Waals surface area contributed by atoms with Gasteiger partial charge >= 0.3 is 6.18 Å². The molecule has 1 saturated heterocycles. The maximum atomic E-state index is 13.3. The number of rotatable bonds is 7. The second-order valence-corrected chi connectivity index (χ2v) is 9.51. The highest BCUT2D eigenvalue weighted by molar-refractivity contribution is 7.09. The summed E-state index contributed by atoms with van der Waals surface area (Å²) in [5, 5.41) is 5.70. The molecule has 0 unspecified atom stereocenters. The number of hydrogen-bond acceptors (Lipinski definition) is 5. The van der Waals surface area contributed by atoms with Crippen LogP contribution in [0.3, 0.4) is 0 Å². The summed E-state index contributed by atoms with van der Waals surface area (Å²) in [7, 11) is 0. The van der Waals surface area contributed by atoms with Crippen LogP contribution in [0.25, 0.3) is 0 Å². The van der Waals surface area contributed by atoms with Crippen molar-refractivity contribution in [3.8, 4) is 5.75 Å². The van der Waals surface area contributed by atoms with Crippen LogP contribution in [0, 0.1) is 0 Å². The van der Waals surface area contributed by atoms with Gasteiger partial charge in [-0.25, -0.2) is 4.98 Å². The molecular weight excluding hydrogens is 515 g/mol. The van der Waals surface area contributed by atoms with E-state index in [2.05, 4.69) is 10.3 Å². The predicted octanol–water partition coefficient (Wildman–Crippen LogP) is 5.64. The Kier molecular flexibility index (Phi) is 8.15. The van der Waals surface area contributed by atoms with E-state index >= 15 is 0 Å². The molecule has 190 valence electrons. The van der Waals surface area contributed by atoms with Gasteiger partial charge in [-0.1, -0.05) is 35.9 Å². The molecule has 2 amide bonds. The first-order valence-corrected chi connectivity index (χ1v) is 12.6. The van der Waals surface area contributed by atoms with E-state index in [4.69, 9.17) is 16.3 Å². The monoisotopic (exact) mass is 537 g/mol. The lowest BCUT2D eigenvalue weighted by molar-refractivity contribution is -0.138. The van der Waals surface area contributed by atoms with E-state index in [-0.39, 0.29) is 30.5 Å². The largest absolute Gasteiger partial charge is 0.490 e. The van der Waals surface area contributed by atoms with Crippen LogP contribution in [0.1, 0.15) is 50.2 Å². The molecule has 6 nitrogen and oxygen atoms in total. The molecule has 2 aromatic carbocycles. The number of nitrogens with zero attached hydrogens (tertiary/aromatic N) is 2. The van der Waals surface area contributed by atoms with Crippen molar-refractivity contribution in [1.29, 1.82) is 0 Å². The number of aromatic nitrogens is 1. The number of benzene rings is 2. The molecular formula is C25H23ClF3N3O3S. The van der Waals surface area contributed by atoms with Crippen LogP contribution in [-0.2, 0) is 6.18 Å². The maximum Gasteiger partial charge on any atom is 0.417 e. The minimum absolute atomic E-state index is 0.0296. The highest BCUT2D eigenvalue weighted by atomic mass is 35.5. The summed E-state index contributed by atoms with van der Waals surface area (Å²) in [6.07, 6.45) is -3.48. The number of likely N-dealkylation sites (tertiary alicyclic amines) is 1. The molecule has 3 aromatic rings. The van der Waals surface area contributed by atoms with Gasteiger partial charge < -0.3 is 15.0 Å². The number of hydrogen-bond donors (Lipinski definition) is 1. The topological polar surface area (TPSA) is 71.5 Å². The van der Waals surface area contributed by atoms with E-state index in [1.807, 2.05) is 0 Å². The van der Waals surface area contributed by atoms with Gasteiger partial charge in [0, 0.05) is 24.4 Å². The van der Waals surface area contributed by atoms with Gasteiger partial charge in [-0.15, -0.1) is 11.3 Å². The summed E-state index contributed by atoms with van der Waals surface area (Å²) in [5.74, 6) is -0.380. The summed E-state index contributed by atoms with van der Waals surface area (Å²) >= 11 is 7.39. The number of para-hydroxylation sites is 1. The number of halogens is 4. The normalized spacial score (nSPS) is 14.5. The van der Waals surface area contributed by atoms with Gasteiger partial charge in [0.15, 0.2) is 0 Å². The first-order valence-electron chi connectivity index (χ1n) is 11.3. The Morgan fingerprint density at radius 3 is 2.53 bits per heavy atom. The SMILES string of the molecule is O=C(NCCOc1ccccc1Cl)c1csc(C2CCN(C(=O)c3ccccc3C(F)(F)F)CC2)n1. The minimum atomic E-state index is -4.59. The fourth-order valence-corrected chi connectivity index (χ4v) is 5.14. The van der Waals surface area contributed by atoms with Gasteiger partial charge in [-0.05, 0) is 37.1 Å². The van der Waals surface area contributed by atoms with Crippen molar-refractivity contribution in [1.82, 2.24) is 15.2 Å². The second-order valence-electron chi connectivity index (χ2n) is 8.22. The van der Waals surface area contributed by atoms with Gasteiger partial charge in [-0.2, -0.15) is 13.2 Å². The molecule has 36 heavy (non-hydrogen) atoms. The molecule has 4 rings (SSSR count). The van der Waals surface area contributed by atoms with Crippen molar-refractivity contribution in [3.63, 3.8) is 0 Å². The van der Waals surface area contributed by atoms with E-state index in [1.165, 1.54) is 34.4 Å². The Balaban J connectivity index is 1.28. The van der Waals surface area contributed by atoms with Crippen LogP contribution < -0.4 is 10.1 Å². The van der Waals surface area contributed by atoms with Crippen LogP contribution in [0.5, 0.6) is 5.75 Å². The fraction of sp³-hybridized carbons (Fsp3) is 0.320. The zero-order valence-electron chi connectivity index (χ0n) is 19.1. The fourth-order valence-electron chi connectivity index (χ4n) is 3.97. The van der Waals surface area contributed by atoms with Crippen molar-refractivity contribution in [2.24, 2.45) is 0 Å². The van der Waals surface area contributed by atoms with E-state index in [0.717, 1.165) is 11.1 Å². The molecule has 1 fully saturated rings. The van der Waals surface area contributed by atoms with Crippen LogP contribution in [0.2, 0.25) is 5.02 Å². The molecule has 0 spiro atoms. The molecule has 11 heteroatoms. The molecule has 0 radical (unpaired) electrons. The molecule has 1 aliphatic heterocycles. The molecule has 0 atom stereocenters. The molecule has 1 aliphatic rings. The van der Waals surface area contributed by atoms with Crippen molar-refractivity contribution in [3.05, 3.63) is 80.8 Å². The highest BCUT2D eigenvalue weighted by Crippen LogP contribution is 2.34. The average Bonchev–Trinajstić information content (AvgIpc) is 3.37. The summed E-state index contributed by atoms with van der Waals surface area (Å²) < 4.78 is 45.4. The number of amides is 2. The van der Waals surface area contributed by atoms with Gasteiger partial charge in [-0.3, -0.25) is 9.59 Å². The number of nitrogens with one attached hydrogen (secondary N) is 1. The third kappa shape index (κ3) is 6.17. The Hall–Kier alpha value is -3.11. The summed E-state index contributed by atoms with van der Waals surface area (Å²) in [4.78, 5) is 31.1. The van der Waals surface area contributed by atoms with Crippen LogP contribution in [-0.4, -0.2) is 47.9 Å². The van der Waals surface area contributed by atoms with Crippen LogP contribution in [0.4, 0.5) is 13.2 Å². The average molecular weight is 538 g/mol. The van der Waals surface area contributed by atoms with Gasteiger partial charge in [0.1, 0.15) is 18.1 Å². The minimum Gasteiger partial charge on any atom is -0.490 e. The van der Waals surface area contributed by atoms with Crippen molar-refractivity contribution in [2.45, 2.75) is 24.9 Å². The summed E-state index contributed by atoms with van der Waals surface area (Å²) in [5.41, 5.74) is -0.967. The van der Waals surface area contributed by atoms with Crippen LogP contribution in [0.15, 0.2) is 53.9 Å². The first-order chi connectivity index (χ1) is 17.2. The molecule has 2 heterocycles. The third-order valence-electron chi connectivity index (χ3n) is 5.83. The first kappa shape index (κ1) is 26.0. The third-order valence-corrected chi connectivity index (χ3v) is 7.15. The van der Waals surface area contributed by atoms with E-state index in [0.29, 0.717) is 42.4 Å². The zero-order valence-corrected chi connectivity index (χ0v) is 20.6. The maximum absolute atomic E-state index is 13.3. The Morgan fingerprint density at radius 2 is 1.81 bits per heavy atom. The zero-order chi connectivity index (χ0) is 25.7. The molecule has 1 N–H and O–H groups in total. The van der Waals surface area contributed by atoms with Gasteiger partial charge in [0.25, 0.3) is 11.8 Å². The smallest absolute Gasteiger partial charge is 0.417 e. The number of carbonyl (C=O) groups is 2. The van der Waals surface area contributed by atoms with Crippen molar-refractivity contribution in [2.75, 3.05) is 26.2 Å². The Labute approximate surface area is 215 Å².